The van der Waals surface area contributed by atoms with E-state index in [1.54, 1.807) is 30.3 Å². The number of rotatable bonds is 6. The van der Waals surface area contributed by atoms with Crippen LogP contribution in [0.5, 0.6) is 0 Å². The third-order valence-electron chi connectivity index (χ3n) is 4.44. The molecule has 0 aromatic heterocycles. The van der Waals surface area contributed by atoms with Crippen molar-refractivity contribution in [2.45, 2.75) is 18.9 Å². The van der Waals surface area contributed by atoms with Crippen LogP contribution in [0.3, 0.4) is 0 Å². The molecule has 3 N–H and O–H groups in total. The minimum Gasteiger partial charge on any atom is -0.480 e. The molecular weight excluding hydrogens is 369 g/mol. The Kier molecular flexibility index (Phi) is 6.42. The number of aliphatic imine (C=N–C) groups is 1. The van der Waals surface area contributed by atoms with Crippen LogP contribution in [0, 0.1) is 5.82 Å². The number of carboxylic acids is 1. The number of carboxylic acid groups (broad SMARTS) is 1. The molecule has 0 bridgehead atoms. The quantitative estimate of drug-likeness (QED) is 0.660. The summed E-state index contributed by atoms with van der Waals surface area (Å²) in [6, 6.07) is 11.7. The van der Waals surface area contributed by atoms with Crippen LogP contribution in [0.1, 0.15) is 24.0 Å². The summed E-state index contributed by atoms with van der Waals surface area (Å²) in [5, 5.41) is 16.3. The van der Waals surface area contributed by atoms with Gasteiger partial charge in [0.2, 0.25) is 0 Å². The molecule has 2 aromatic carbocycles. The summed E-state index contributed by atoms with van der Waals surface area (Å²) in [6.07, 6.45) is 1.92. The molecule has 0 atom stereocenters. The van der Waals surface area contributed by atoms with E-state index in [2.05, 4.69) is 15.6 Å². The van der Waals surface area contributed by atoms with Crippen molar-refractivity contribution < 1.29 is 14.3 Å². The number of aliphatic carboxylic acids is 1. The molecule has 1 saturated heterocycles. The van der Waals surface area contributed by atoms with Crippen molar-refractivity contribution in [3.8, 4) is 0 Å². The molecule has 0 aliphatic carbocycles. The predicted molar refractivity (Wildman–Crippen MR) is 106 cm³/mol. The Labute approximate surface area is 162 Å². The van der Waals surface area contributed by atoms with Gasteiger partial charge in [-0.15, -0.1) is 0 Å². The number of carbonyl (C=O) groups is 1. The van der Waals surface area contributed by atoms with Gasteiger partial charge in [0.1, 0.15) is 12.4 Å². The number of hydrogen-bond acceptors (Lipinski definition) is 4. The molecule has 1 heterocycles. The van der Waals surface area contributed by atoms with Gasteiger partial charge in [-0.2, -0.15) is 0 Å². The number of halogens is 2. The minimum atomic E-state index is -1.08. The Morgan fingerprint density at radius 2 is 1.96 bits per heavy atom. The van der Waals surface area contributed by atoms with E-state index in [0.29, 0.717) is 10.6 Å². The van der Waals surface area contributed by atoms with E-state index in [9.17, 15) is 9.18 Å². The van der Waals surface area contributed by atoms with Gasteiger partial charge < -0.3 is 15.7 Å². The zero-order valence-corrected chi connectivity index (χ0v) is 15.5. The fourth-order valence-electron chi connectivity index (χ4n) is 3.14. The second kappa shape index (κ2) is 8.97. The molecule has 1 aliphatic heterocycles. The van der Waals surface area contributed by atoms with E-state index in [1.807, 2.05) is 6.07 Å². The number of piperidine rings is 1. The average molecular weight is 390 g/mol. The fraction of sp³-hybridized carbons (Fsp3) is 0.300. The Morgan fingerprint density at radius 1 is 1.22 bits per heavy atom. The van der Waals surface area contributed by atoms with E-state index in [0.717, 1.165) is 31.6 Å². The van der Waals surface area contributed by atoms with Gasteiger partial charge >= 0.3 is 5.97 Å². The maximum absolute atomic E-state index is 14.5. The maximum atomic E-state index is 14.5. The molecular formula is C20H21ClFN3O2. The first kappa shape index (κ1) is 19.3. The molecule has 142 valence electrons. The predicted octanol–water partition coefficient (Wildman–Crippen LogP) is 3.57. The monoisotopic (exact) mass is 389 g/mol. The molecule has 2 aromatic rings. The van der Waals surface area contributed by atoms with Gasteiger partial charge in [0, 0.05) is 27.9 Å². The molecule has 0 unspecified atom stereocenters. The van der Waals surface area contributed by atoms with Crippen molar-refractivity contribution in [1.82, 2.24) is 5.32 Å². The average Bonchev–Trinajstić information content (AvgIpc) is 2.66. The molecule has 0 radical (unpaired) electrons. The Morgan fingerprint density at radius 3 is 2.67 bits per heavy atom. The van der Waals surface area contributed by atoms with Crippen molar-refractivity contribution in [3.63, 3.8) is 0 Å². The van der Waals surface area contributed by atoms with Crippen molar-refractivity contribution in [2.24, 2.45) is 4.99 Å². The minimum absolute atomic E-state index is 0.245. The first-order valence-corrected chi connectivity index (χ1v) is 9.20. The van der Waals surface area contributed by atoms with Crippen LogP contribution in [0.2, 0.25) is 5.02 Å². The SMILES string of the molecule is O=C(O)C/N=C(\c1ccccc1F)c1cc(Cl)ccc1NC1CCNCC1. The Hall–Kier alpha value is -2.44. The van der Waals surface area contributed by atoms with Crippen molar-refractivity contribution in [2.75, 3.05) is 25.0 Å². The smallest absolute Gasteiger partial charge is 0.325 e. The summed E-state index contributed by atoms with van der Waals surface area (Å²) in [6.45, 7) is 1.39. The lowest BCUT2D eigenvalue weighted by atomic mass is 9.98. The lowest BCUT2D eigenvalue weighted by Crippen LogP contribution is -2.35. The summed E-state index contributed by atoms with van der Waals surface area (Å²) in [5.74, 6) is -1.55. The van der Waals surface area contributed by atoms with Crippen LogP contribution in [-0.4, -0.2) is 42.5 Å². The summed E-state index contributed by atoms with van der Waals surface area (Å²) in [4.78, 5) is 15.3. The second-order valence-electron chi connectivity index (χ2n) is 6.40. The normalized spacial score (nSPS) is 15.6. The summed E-state index contributed by atoms with van der Waals surface area (Å²) in [7, 11) is 0. The zero-order chi connectivity index (χ0) is 19.2. The highest BCUT2D eigenvalue weighted by Gasteiger charge is 2.19. The van der Waals surface area contributed by atoms with Crippen molar-refractivity contribution in [1.29, 1.82) is 0 Å². The lowest BCUT2D eigenvalue weighted by molar-refractivity contribution is -0.135. The lowest BCUT2D eigenvalue weighted by Gasteiger charge is -2.26. The molecule has 1 fully saturated rings. The first-order chi connectivity index (χ1) is 13.0. The van der Waals surface area contributed by atoms with Crippen molar-refractivity contribution in [3.05, 3.63) is 64.4 Å². The number of nitrogens with one attached hydrogen (secondary N) is 2. The summed E-state index contributed by atoms with van der Waals surface area (Å²) in [5.41, 5.74) is 1.87. The van der Waals surface area contributed by atoms with Crippen LogP contribution in [0.4, 0.5) is 10.1 Å². The largest absolute Gasteiger partial charge is 0.480 e. The molecule has 3 rings (SSSR count). The van der Waals surface area contributed by atoms with E-state index in [-0.39, 0.29) is 17.3 Å². The van der Waals surface area contributed by atoms with Crippen LogP contribution in [0.15, 0.2) is 47.5 Å². The van der Waals surface area contributed by atoms with Gasteiger partial charge in [0.25, 0.3) is 0 Å². The fourth-order valence-corrected chi connectivity index (χ4v) is 3.31. The van der Waals surface area contributed by atoms with Crippen LogP contribution >= 0.6 is 11.6 Å². The van der Waals surface area contributed by atoms with E-state index < -0.39 is 18.3 Å². The molecule has 27 heavy (non-hydrogen) atoms. The van der Waals surface area contributed by atoms with Gasteiger partial charge in [-0.05, 0) is 56.3 Å². The highest BCUT2D eigenvalue weighted by molar-refractivity contribution is 6.31. The molecule has 0 spiro atoms. The molecule has 7 heteroatoms. The molecule has 1 aliphatic rings. The van der Waals surface area contributed by atoms with Crippen LogP contribution < -0.4 is 10.6 Å². The Bertz CT molecular complexity index is 851. The zero-order valence-electron chi connectivity index (χ0n) is 14.7. The second-order valence-corrected chi connectivity index (χ2v) is 6.83. The molecule has 0 amide bonds. The van der Waals surface area contributed by atoms with Crippen LogP contribution in [-0.2, 0) is 4.79 Å². The number of anilines is 1. The van der Waals surface area contributed by atoms with Gasteiger partial charge in [0.05, 0.1) is 5.71 Å². The van der Waals surface area contributed by atoms with E-state index >= 15 is 0 Å². The molecule has 0 saturated carbocycles. The third kappa shape index (κ3) is 5.05. The number of benzene rings is 2. The van der Waals surface area contributed by atoms with Gasteiger partial charge in [0.15, 0.2) is 0 Å². The summed E-state index contributed by atoms with van der Waals surface area (Å²) >= 11 is 6.19. The van der Waals surface area contributed by atoms with E-state index in [4.69, 9.17) is 16.7 Å². The van der Waals surface area contributed by atoms with Gasteiger partial charge in [-0.25, -0.2) is 4.39 Å². The number of nitrogens with zero attached hydrogens (tertiary/aromatic N) is 1. The van der Waals surface area contributed by atoms with Crippen molar-refractivity contribution >= 4 is 29.0 Å². The van der Waals surface area contributed by atoms with Crippen LogP contribution in [0.25, 0.3) is 0 Å². The number of hydrogen-bond donors (Lipinski definition) is 3. The highest BCUT2D eigenvalue weighted by Crippen LogP contribution is 2.27. The summed E-state index contributed by atoms with van der Waals surface area (Å²) < 4.78 is 14.5. The van der Waals surface area contributed by atoms with Gasteiger partial charge in [-0.3, -0.25) is 9.79 Å². The standard InChI is InChI=1S/C20H21ClFN3O2/c21-13-5-6-18(25-14-7-9-23-10-8-14)16(11-13)20(24-12-19(26)27)15-3-1-2-4-17(15)22/h1-6,11,14,23,25H,7-10,12H2,(H,26,27)/b24-20+. The molecule has 5 nitrogen and oxygen atoms in total. The maximum Gasteiger partial charge on any atom is 0.325 e. The Balaban J connectivity index is 2.05. The van der Waals surface area contributed by atoms with Gasteiger partial charge in [-0.1, -0.05) is 23.7 Å². The first-order valence-electron chi connectivity index (χ1n) is 8.83. The third-order valence-corrected chi connectivity index (χ3v) is 4.67. The van der Waals surface area contributed by atoms with E-state index in [1.165, 1.54) is 6.07 Å². The highest BCUT2D eigenvalue weighted by atomic mass is 35.5. The topological polar surface area (TPSA) is 73.7 Å².